The van der Waals surface area contributed by atoms with Gasteiger partial charge in [-0.1, -0.05) is 18.2 Å². The highest BCUT2D eigenvalue weighted by Gasteiger charge is 2.40. The van der Waals surface area contributed by atoms with Gasteiger partial charge >= 0.3 is 6.09 Å². The zero-order valence-corrected chi connectivity index (χ0v) is 17.8. The van der Waals surface area contributed by atoms with Gasteiger partial charge in [-0.25, -0.2) is 14.3 Å². The Morgan fingerprint density at radius 2 is 2.00 bits per heavy atom. The molecule has 1 fully saturated rings. The van der Waals surface area contributed by atoms with Gasteiger partial charge in [0.25, 0.3) is 0 Å². The van der Waals surface area contributed by atoms with E-state index in [1.165, 1.54) is 17.7 Å². The number of likely N-dealkylation sites (tertiary alicyclic amines) is 1. The summed E-state index contributed by atoms with van der Waals surface area (Å²) in [5.41, 5.74) is 3.60. The van der Waals surface area contributed by atoms with Crippen LogP contribution in [0.5, 0.6) is 0 Å². The van der Waals surface area contributed by atoms with Gasteiger partial charge in [-0.05, 0) is 76.3 Å². The number of hydrogen-bond donors (Lipinski definition) is 0. The number of carbonyl (C=O) groups excluding carboxylic acids is 1. The lowest BCUT2D eigenvalue weighted by molar-refractivity contribution is 0.0533. The highest BCUT2D eigenvalue weighted by atomic mass is 16.6. The summed E-state index contributed by atoms with van der Waals surface area (Å²) < 4.78 is 7.36. The van der Waals surface area contributed by atoms with Crippen LogP contribution in [0.1, 0.15) is 56.7 Å². The SMILES string of the molecule is CC(C)(C)OC(=O)n1c(CN2CC[C@@H]3CCc4cccnc4[C@H]32)nc2ccccc21. The van der Waals surface area contributed by atoms with E-state index in [0.717, 1.165) is 36.2 Å². The van der Waals surface area contributed by atoms with Gasteiger partial charge < -0.3 is 4.74 Å². The summed E-state index contributed by atoms with van der Waals surface area (Å²) in [6, 6.07) is 12.3. The summed E-state index contributed by atoms with van der Waals surface area (Å²) in [6.45, 7) is 7.26. The van der Waals surface area contributed by atoms with Crippen molar-refractivity contribution in [2.75, 3.05) is 6.54 Å². The first-order valence-corrected chi connectivity index (χ1v) is 10.8. The number of nitrogens with zero attached hydrogens (tertiary/aromatic N) is 4. The highest BCUT2D eigenvalue weighted by molar-refractivity contribution is 5.87. The topological polar surface area (TPSA) is 60.2 Å². The molecule has 0 radical (unpaired) electrons. The van der Waals surface area contributed by atoms with Crippen molar-refractivity contribution in [3.8, 4) is 0 Å². The number of hydrogen-bond acceptors (Lipinski definition) is 5. The van der Waals surface area contributed by atoms with Gasteiger partial charge in [0.15, 0.2) is 0 Å². The van der Waals surface area contributed by atoms with Gasteiger partial charge in [0.1, 0.15) is 11.4 Å². The molecular weight excluding hydrogens is 376 g/mol. The van der Waals surface area contributed by atoms with Crippen molar-refractivity contribution in [3.05, 3.63) is 59.7 Å². The number of rotatable bonds is 2. The van der Waals surface area contributed by atoms with Crippen LogP contribution in [0.15, 0.2) is 42.6 Å². The van der Waals surface area contributed by atoms with Crippen molar-refractivity contribution in [1.82, 2.24) is 19.4 Å². The quantitative estimate of drug-likeness (QED) is 0.618. The fourth-order valence-corrected chi connectivity index (χ4v) is 4.95. The second kappa shape index (κ2) is 7.20. The number of aryl methyl sites for hydroxylation is 1. The molecule has 0 amide bonds. The minimum absolute atomic E-state index is 0.293. The van der Waals surface area contributed by atoms with Crippen LogP contribution in [-0.2, 0) is 17.7 Å². The maximum absolute atomic E-state index is 13.1. The minimum Gasteiger partial charge on any atom is -0.443 e. The standard InChI is InChI=1S/C24H28N4O2/c1-24(2,3)30-23(29)28-19-9-5-4-8-18(19)26-20(28)15-27-14-12-17-11-10-16-7-6-13-25-21(16)22(17)27/h4-9,13,17,22H,10-12,14-15H2,1-3H3/t17-,22-/m0/s1. The zero-order chi connectivity index (χ0) is 20.9. The molecule has 2 aromatic heterocycles. The Morgan fingerprint density at radius 1 is 1.17 bits per heavy atom. The number of imidazole rings is 1. The van der Waals surface area contributed by atoms with Crippen LogP contribution in [0.3, 0.4) is 0 Å². The van der Waals surface area contributed by atoms with Crippen LogP contribution in [0.4, 0.5) is 4.79 Å². The van der Waals surface area contributed by atoms with E-state index in [0.29, 0.717) is 18.5 Å². The number of benzene rings is 1. The van der Waals surface area contributed by atoms with Crippen LogP contribution in [0.2, 0.25) is 0 Å². The molecular formula is C24H28N4O2. The molecule has 6 heteroatoms. The summed E-state index contributed by atoms with van der Waals surface area (Å²) in [5, 5.41) is 0. The summed E-state index contributed by atoms with van der Waals surface area (Å²) >= 11 is 0. The van der Waals surface area contributed by atoms with E-state index in [1.807, 2.05) is 57.3 Å². The first-order valence-electron chi connectivity index (χ1n) is 10.8. The van der Waals surface area contributed by atoms with Crippen LogP contribution >= 0.6 is 0 Å². The summed E-state index contributed by atoms with van der Waals surface area (Å²) in [7, 11) is 0. The Labute approximate surface area is 176 Å². The first-order chi connectivity index (χ1) is 14.4. The van der Waals surface area contributed by atoms with E-state index in [-0.39, 0.29) is 6.09 Å². The largest absolute Gasteiger partial charge is 0.443 e. The summed E-state index contributed by atoms with van der Waals surface area (Å²) in [6.07, 6.45) is 4.99. The number of fused-ring (bicyclic) bond motifs is 4. The summed E-state index contributed by atoms with van der Waals surface area (Å²) in [5.74, 6) is 1.35. The molecule has 0 saturated carbocycles. The molecule has 30 heavy (non-hydrogen) atoms. The number of pyridine rings is 1. The van der Waals surface area contributed by atoms with E-state index >= 15 is 0 Å². The third-order valence-electron chi connectivity index (χ3n) is 6.17. The fourth-order valence-electron chi connectivity index (χ4n) is 4.95. The average Bonchev–Trinajstić information content (AvgIpc) is 3.28. The Bertz CT molecular complexity index is 1100. The number of ether oxygens (including phenoxy) is 1. The predicted molar refractivity (Wildman–Crippen MR) is 115 cm³/mol. The third kappa shape index (κ3) is 3.39. The molecule has 1 aliphatic heterocycles. The second-order valence-electron chi connectivity index (χ2n) is 9.38. The molecule has 1 aliphatic carbocycles. The molecule has 3 aromatic rings. The van der Waals surface area contributed by atoms with Gasteiger partial charge in [0, 0.05) is 6.20 Å². The molecule has 0 spiro atoms. The lowest BCUT2D eigenvalue weighted by Gasteiger charge is -2.32. The molecule has 0 N–H and O–H groups in total. The molecule has 0 unspecified atom stereocenters. The lowest BCUT2D eigenvalue weighted by atomic mass is 9.83. The third-order valence-corrected chi connectivity index (χ3v) is 6.17. The van der Waals surface area contributed by atoms with Gasteiger partial charge in [0.05, 0.1) is 29.3 Å². The van der Waals surface area contributed by atoms with Crippen LogP contribution in [-0.4, -0.2) is 37.7 Å². The van der Waals surface area contributed by atoms with E-state index < -0.39 is 5.60 Å². The maximum Gasteiger partial charge on any atom is 0.420 e. The molecule has 3 heterocycles. The maximum atomic E-state index is 13.1. The molecule has 2 atom stereocenters. The van der Waals surface area contributed by atoms with Crippen molar-refractivity contribution in [2.24, 2.45) is 5.92 Å². The van der Waals surface area contributed by atoms with Crippen LogP contribution in [0.25, 0.3) is 11.0 Å². The van der Waals surface area contributed by atoms with E-state index in [1.54, 1.807) is 4.57 Å². The molecule has 6 nitrogen and oxygen atoms in total. The second-order valence-corrected chi connectivity index (χ2v) is 9.38. The molecule has 156 valence electrons. The molecule has 1 saturated heterocycles. The molecule has 2 aliphatic rings. The number of aromatic nitrogens is 3. The fraction of sp³-hybridized carbons (Fsp3) is 0.458. The Balaban J connectivity index is 1.52. The van der Waals surface area contributed by atoms with E-state index in [4.69, 9.17) is 14.7 Å². The van der Waals surface area contributed by atoms with Crippen LogP contribution < -0.4 is 0 Å². The minimum atomic E-state index is -0.565. The highest BCUT2D eigenvalue weighted by Crippen LogP contribution is 2.44. The van der Waals surface area contributed by atoms with Crippen LogP contribution in [0, 0.1) is 5.92 Å². The number of carbonyl (C=O) groups is 1. The summed E-state index contributed by atoms with van der Waals surface area (Å²) in [4.78, 5) is 25.1. The normalized spacial score (nSPS) is 21.4. The average molecular weight is 405 g/mol. The van der Waals surface area contributed by atoms with Gasteiger partial charge in [-0.15, -0.1) is 0 Å². The monoisotopic (exact) mass is 404 g/mol. The molecule has 1 aromatic carbocycles. The lowest BCUT2D eigenvalue weighted by Crippen LogP contribution is -2.32. The van der Waals surface area contributed by atoms with Crippen molar-refractivity contribution in [2.45, 2.75) is 58.2 Å². The smallest absolute Gasteiger partial charge is 0.420 e. The van der Waals surface area contributed by atoms with Crippen molar-refractivity contribution in [1.29, 1.82) is 0 Å². The van der Waals surface area contributed by atoms with Gasteiger partial charge in [-0.3, -0.25) is 9.88 Å². The molecule has 5 rings (SSSR count). The van der Waals surface area contributed by atoms with Gasteiger partial charge in [0.2, 0.25) is 0 Å². The number of para-hydroxylation sites is 2. The Morgan fingerprint density at radius 3 is 2.83 bits per heavy atom. The Hall–Kier alpha value is -2.73. The molecule has 0 bridgehead atoms. The Kier molecular flexibility index (Phi) is 4.62. The van der Waals surface area contributed by atoms with E-state index in [2.05, 4.69) is 11.0 Å². The van der Waals surface area contributed by atoms with E-state index in [9.17, 15) is 4.79 Å². The van der Waals surface area contributed by atoms with Gasteiger partial charge in [-0.2, -0.15) is 0 Å². The zero-order valence-electron chi connectivity index (χ0n) is 17.8. The van der Waals surface area contributed by atoms with Crippen molar-refractivity contribution < 1.29 is 9.53 Å². The predicted octanol–water partition coefficient (Wildman–Crippen LogP) is 4.72. The van der Waals surface area contributed by atoms with Crippen molar-refractivity contribution in [3.63, 3.8) is 0 Å². The van der Waals surface area contributed by atoms with Crippen molar-refractivity contribution >= 4 is 17.1 Å². The first kappa shape index (κ1) is 19.2.